The zero-order chi connectivity index (χ0) is 97.6. The van der Waals surface area contributed by atoms with Crippen LogP contribution in [0.1, 0.15) is 127 Å². The lowest BCUT2D eigenvalue weighted by atomic mass is 10.0. The highest BCUT2D eigenvalue weighted by Crippen LogP contribution is 2.20. The van der Waals surface area contributed by atoms with Gasteiger partial charge in [-0.1, -0.05) is 60.7 Å². The Bertz CT molecular complexity index is 4910. The van der Waals surface area contributed by atoms with Crippen LogP contribution in [0.3, 0.4) is 0 Å². The highest BCUT2D eigenvalue weighted by atomic mass is 16.4. The first-order chi connectivity index (χ1) is 61.6. The highest BCUT2D eigenvalue weighted by Gasteiger charge is 2.38. The summed E-state index contributed by atoms with van der Waals surface area (Å²) >= 11 is 0. The lowest BCUT2D eigenvalue weighted by molar-refractivity contribution is -0.144. The standard InChI is InChI=1S/C85H107N15O31/c1-41(87-76(121)56(86)36-46-6-16-51(101)17-7-46)71(116)92-57(26-31-66(106)107)77(122)97-62(37-47-8-18-52(102)19-9-47)81(126)88-42(2)72(117)93-58(27-32-67(108)109)78(123)98-63(38-48-10-20-53(103)21-11-48)82(127)89-43(3)73(118)94-59(28-33-68(110)111)79(124)99-64(39-49-12-22-54(104)23-13-49)83(128)90-44(4)74(119)95-60(29-34-69(112)113)80(125)100-65(40-50-14-24-55(105)25-15-50)84(129)91-45(5)75(120)96-61(85(130)131)30-35-70(114)115/h6-25,41-45,56-65,101-105H,26-40,86H2,1-5H3,(H,87,121)(H,88,126)(H,89,127)(H,90,128)(H,91,129)(H,92,116)(H,93,117)(H,94,118)(H,95,119)(H,96,120)(H,97,122)(H,98,123)(H,99,124)(H,100,125)(H,106,107)(H,108,109)(H,110,111)(H,112,113)(H,114,115)(H,130,131)/t41-,42-,43-,44-,45-,56-,57-,58-,59-,60-,61-,62-,63-,64-,65-/m0/s1. The van der Waals surface area contributed by atoms with E-state index in [2.05, 4.69) is 74.4 Å². The van der Waals surface area contributed by atoms with Gasteiger partial charge < -0.3 is 136 Å². The summed E-state index contributed by atoms with van der Waals surface area (Å²) in [5, 5.41) is 140. The molecule has 0 radical (unpaired) electrons. The summed E-state index contributed by atoms with van der Waals surface area (Å²) in [4.78, 5) is 268. The molecular formula is C85H107N15O31. The molecule has 0 fully saturated rings. The zero-order valence-corrected chi connectivity index (χ0v) is 71.5. The van der Waals surface area contributed by atoms with E-state index in [9.17, 15) is 147 Å². The van der Waals surface area contributed by atoms with Gasteiger partial charge in [0.05, 0.1) is 6.04 Å². The van der Waals surface area contributed by atoms with Gasteiger partial charge in [-0.15, -0.1) is 0 Å². The Labute approximate surface area is 747 Å². The number of hydrogen-bond acceptors (Lipinski definition) is 26. The predicted molar refractivity (Wildman–Crippen MR) is 454 cm³/mol. The first-order valence-corrected chi connectivity index (χ1v) is 40.9. The van der Waals surface area contributed by atoms with Crippen molar-refractivity contribution in [2.75, 3.05) is 0 Å². The van der Waals surface area contributed by atoms with E-state index in [1.165, 1.54) is 128 Å². The second kappa shape index (κ2) is 51.9. The monoisotopic (exact) mass is 1830 g/mol. The number of carboxylic acids is 6. The van der Waals surface area contributed by atoms with E-state index in [1.807, 2.05) is 0 Å². The molecule has 0 bridgehead atoms. The van der Waals surface area contributed by atoms with Crippen LogP contribution in [0.15, 0.2) is 121 Å². The molecule has 46 heteroatoms. The van der Waals surface area contributed by atoms with Gasteiger partial charge in [-0.05, 0) is 162 Å². The van der Waals surface area contributed by atoms with Gasteiger partial charge in [0, 0.05) is 57.8 Å². The number of rotatable bonds is 54. The van der Waals surface area contributed by atoms with Crippen LogP contribution >= 0.6 is 0 Å². The minimum atomic E-state index is -1.92. The molecule has 0 heterocycles. The molecule has 5 aromatic carbocycles. The van der Waals surface area contributed by atoms with E-state index in [0.29, 0.717) is 5.56 Å². The minimum Gasteiger partial charge on any atom is -0.508 e. The quantitative estimate of drug-likeness (QED) is 0.0178. The fourth-order valence-corrected chi connectivity index (χ4v) is 12.4. The van der Waals surface area contributed by atoms with E-state index in [4.69, 9.17) is 10.8 Å². The fourth-order valence-electron chi connectivity index (χ4n) is 12.4. The van der Waals surface area contributed by atoms with Crippen molar-refractivity contribution in [1.82, 2.24) is 74.4 Å². The second-order valence-electron chi connectivity index (χ2n) is 30.7. The number of phenols is 5. The van der Waals surface area contributed by atoms with Gasteiger partial charge in [0.1, 0.15) is 113 Å². The smallest absolute Gasteiger partial charge is 0.326 e. The number of phenolic OH excluding ortho intramolecular Hbond substituents is 5. The maximum atomic E-state index is 14.6. The summed E-state index contributed by atoms with van der Waals surface area (Å²) in [6.45, 7) is 5.62. The van der Waals surface area contributed by atoms with Crippen LogP contribution in [0.2, 0.25) is 0 Å². The van der Waals surface area contributed by atoms with Crippen molar-refractivity contribution in [3.05, 3.63) is 149 Å². The molecule has 0 saturated carbocycles. The number of amides is 14. The normalized spacial score (nSPS) is 14.4. The van der Waals surface area contributed by atoms with Gasteiger partial charge in [0.2, 0.25) is 82.7 Å². The number of hydrogen-bond donors (Lipinski definition) is 26. The molecule has 0 saturated heterocycles. The number of benzene rings is 5. The molecule has 0 aromatic heterocycles. The third kappa shape index (κ3) is 37.9. The molecule has 5 rings (SSSR count). The van der Waals surface area contributed by atoms with Crippen molar-refractivity contribution in [2.45, 2.75) is 222 Å². The first kappa shape index (κ1) is 106. The van der Waals surface area contributed by atoms with Crippen LogP contribution in [-0.2, 0) is 128 Å². The molecule has 0 aliphatic rings. The van der Waals surface area contributed by atoms with Crippen LogP contribution in [0, 0.1) is 0 Å². The number of carbonyl (C=O) groups is 20. The third-order valence-corrected chi connectivity index (χ3v) is 19.9. The topological polar surface area (TPSA) is 758 Å². The van der Waals surface area contributed by atoms with Gasteiger partial charge in [-0.2, -0.15) is 0 Å². The molecule has 131 heavy (non-hydrogen) atoms. The number of nitrogens with two attached hydrogens (primary N) is 1. The van der Waals surface area contributed by atoms with Gasteiger partial charge >= 0.3 is 35.8 Å². The summed E-state index contributed by atoms with van der Waals surface area (Å²) in [5.41, 5.74) is 7.62. The van der Waals surface area contributed by atoms with Crippen molar-refractivity contribution in [3.63, 3.8) is 0 Å². The van der Waals surface area contributed by atoms with Gasteiger partial charge in [0.15, 0.2) is 0 Å². The van der Waals surface area contributed by atoms with Crippen LogP contribution < -0.4 is 80.2 Å². The maximum Gasteiger partial charge on any atom is 0.326 e. The Morgan fingerprint density at radius 2 is 0.366 bits per heavy atom. The van der Waals surface area contributed by atoms with E-state index < -0.39 is 299 Å². The Morgan fingerprint density at radius 1 is 0.214 bits per heavy atom. The number of carbonyl (C=O) groups excluding carboxylic acids is 14. The summed E-state index contributed by atoms with van der Waals surface area (Å²) in [5.74, 6) is -25.9. The summed E-state index contributed by atoms with van der Waals surface area (Å²) in [6, 6.07) is 0.666. The second-order valence-corrected chi connectivity index (χ2v) is 30.7. The Balaban J connectivity index is 1.35. The molecule has 5 aromatic rings. The number of aliphatic carboxylic acids is 6. The maximum absolute atomic E-state index is 14.6. The molecule has 15 atom stereocenters. The van der Waals surface area contributed by atoms with E-state index >= 15 is 0 Å². The lowest BCUT2D eigenvalue weighted by Crippen LogP contribution is -2.61. The largest absolute Gasteiger partial charge is 0.508 e. The predicted octanol–water partition coefficient (Wildman–Crippen LogP) is -3.65. The molecule has 0 aliphatic heterocycles. The van der Waals surface area contributed by atoms with Crippen LogP contribution in [0.4, 0.5) is 0 Å². The number of aromatic hydroxyl groups is 5. The minimum absolute atomic E-state index is 0.0271. The van der Waals surface area contributed by atoms with E-state index in [1.54, 1.807) is 0 Å². The summed E-state index contributed by atoms with van der Waals surface area (Å²) in [6.07, 6.45) is -9.00. The molecule has 708 valence electrons. The molecule has 46 nitrogen and oxygen atoms in total. The average molecular weight is 1830 g/mol. The van der Waals surface area contributed by atoms with Crippen LogP contribution in [-0.4, -0.2) is 265 Å². The molecule has 27 N–H and O–H groups in total. The van der Waals surface area contributed by atoms with Crippen molar-refractivity contribution >= 4 is 119 Å². The highest BCUT2D eigenvalue weighted by molar-refractivity contribution is 6.01. The Hall–Kier alpha value is -15.5. The average Bonchev–Trinajstić information content (AvgIpc) is 0.854. The number of nitrogens with one attached hydrogen (secondary N) is 14. The van der Waals surface area contributed by atoms with Gasteiger partial charge in [0.25, 0.3) is 0 Å². The number of carboxylic acid groups (broad SMARTS) is 6. The Morgan fingerprint density at radius 3 is 0.550 bits per heavy atom. The molecular weight excluding hydrogens is 1730 g/mol. The molecule has 0 spiro atoms. The molecule has 0 unspecified atom stereocenters. The zero-order valence-electron chi connectivity index (χ0n) is 71.5. The van der Waals surface area contributed by atoms with E-state index in [-0.39, 0.29) is 57.4 Å². The lowest BCUT2D eigenvalue weighted by Gasteiger charge is -2.27. The van der Waals surface area contributed by atoms with Crippen molar-refractivity contribution in [1.29, 1.82) is 0 Å². The summed E-state index contributed by atoms with van der Waals surface area (Å²) in [7, 11) is 0. The van der Waals surface area contributed by atoms with Crippen molar-refractivity contribution < 1.29 is 152 Å². The van der Waals surface area contributed by atoms with Gasteiger partial charge in [-0.3, -0.25) is 91.1 Å². The Kier molecular flexibility index (Phi) is 42.0. The summed E-state index contributed by atoms with van der Waals surface area (Å²) < 4.78 is 0. The van der Waals surface area contributed by atoms with Crippen LogP contribution in [0.25, 0.3) is 0 Å². The fraction of sp³-hybridized carbons (Fsp3) is 0.412. The van der Waals surface area contributed by atoms with Crippen molar-refractivity contribution in [2.24, 2.45) is 5.73 Å². The van der Waals surface area contributed by atoms with Gasteiger partial charge in [-0.25, -0.2) is 4.79 Å². The first-order valence-electron chi connectivity index (χ1n) is 40.9. The SMILES string of the molecule is C[C@H](NC(=O)[C@H](Cc1ccc(O)cc1)NC(=O)[C@H](CCC(=O)O)NC(=O)[C@H](C)NC(=O)[C@H](Cc1ccc(O)cc1)NC(=O)[C@H](CCC(=O)O)NC(=O)[C@H](C)NC(=O)[C@H](Cc1ccc(O)cc1)NC(=O)[C@H](CCC(=O)O)NC(=O)[C@H](C)NC(=O)[C@H](Cc1ccc(O)cc1)NC(=O)[C@H](CCC(=O)O)NC(=O)[C@H](C)NC(=O)[C@@H](N)Cc1ccc(O)cc1)C(=O)N[C@@H](CCC(=O)O)C(=O)O. The van der Waals surface area contributed by atoms with Crippen molar-refractivity contribution in [3.8, 4) is 28.7 Å². The van der Waals surface area contributed by atoms with Crippen LogP contribution in [0.5, 0.6) is 28.7 Å². The molecule has 0 aliphatic carbocycles. The van der Waals surface area contributed by atoms with E-state index in [0.717, 1.165) is 27.7 Å². The third-order valence-electron chi connectivity index (χ3n) is 19.9. The molecule has 14 amide bonds.